The lowest BCUT2D eigenvalue weighted by atomic mass is 10.0. The number of pyridine rings is 1. The van der Waals surface area contributed by atoms with Crippen molar-refractivity contribution in [3.63, 3.8) is 0 Å². The van der Waals surface area contributed by atoms with Gasteiger partial charge in [0.15, 0.2) is 0 Å². The van der Waals surface area contributed by atoms with Gasteiger partial charge in [-0.3, -0.25) is 4.98 Å². The highest BCUT2D eigenvalue weighted by Gasteiger charge is 2.49. The summed E-state index contributed by atoms with van der Waals surface area (Å²) in [5, 5.41) is 4.12. The van der Waals surface area contributed by atoms with Crippen molar-refractivity contribution < 1.29 is 4.52 Å². The van der Waals surface area contributed by atoms with Crippen molar-refractivity contribution in [2.75, 3.05) is 5.73 Å². The fourth-order valence-corrected chi connectivity index (χ4v) is 2.29. The number of nitrogens with two attached hydrogens (primary N) is 1. The molecule has 2 heterocycles. The van der Waals surface area contributed by atoms with Gasteiger partial charge in [0.05, 0.1) is 11.3 Å². The van der Waals surface area contributed by atoms with Crippen LogP contribution < -0.4 is 5.73 Å². The lowest BCUT2D eigenvalue weighted by Crippen LogP contribution is -1.94. The van der Waals surface area contributed by atoms with E-state index in [1.807, 2.05) is 12.1 Å². The highest BCUT2D eigenvalue weighted by atomic mass is 16.5. The molecule has 1 aliphatic carbocycles. The predicted octanol–water partition coefficient (Wildman–Crippen LogP) is 2.83. The van der Waals surface area contributed by atoms with Crippen LogP contribution in [0.5, 0.6) is 0 Å². The maximum absolute atomic E-state index is 5.87. The Bertz CT molecular complexity index is 545. The first-order valence-electron chi connectivity index (χ1n) is 5.75. The van der Waals surface area contributed by atoms with Crippen molar-refractivity contribution in [1.29, 1.82) is 0 Å². The van der Waals surface area contributed by atoms with Crippen LogP contribution in [0.3, 0.4) is 0 Å². The average Bonchev–Trinajstić information content (AvgIpc) is 2.78. The number of nitrogens with zero attached hydrogens (tertiary/aromatic N) is 2. The summed E-state index contributed by atoms with van der Waals surface area (Å²) in [4.78, 5) is 4.11. The van der Waals surface area contributed by atoms with E-state index in [9.17, 15) is 0 Å². The summed E-state index contributed by atoms with van der Waals surface area (Å²) in [6.07, 6.45) is 4.67. The van der Waals surface area contributed by atoms with Gasteiger partial charge in [-0.1, -0.05) is 25.1 Å². The molecule has 4 nitrogen and oxygen atoms in total. The molecule has 0 saturated heterocycles. The summed E-state index contributed by atoms with van der Waals surface area (Å²) in [5.74, 6) is 0.828. The van der Waals surface area contributed by atoms with Gasteiger partial charge in [-0.2, -0.15) is 0 Å². The molecule has 1 atom stereocenters. The summed E-state index contributed by atoms with van der Waals surface area (Å²) in [7, 11) is 0. The molecule has 0 aliphatic heterocycles. The quantitative estimate of drug-likeness (QED) is 0.860. The second-order valence-electron chi connectivity index (χ2n) is 5.29. The lowest BCUT2D eigenvalue weighted by molar-refractivity contribution is 0.424. The van der Waals surface area contributed by atoms with Crippen LogP contribution in [0.15, 0.2) is 29.0 Å². The van der Waals surface area contributed by atoms with E-state index in [2.05, 4.69) is 24.0 Å². The first kappa shape index (κ1) is 10.3. The highest BCUT2D eigenvalue weighted by Crippen LogP contribution is 2.60. The lowest BCUT2D eigenvalue weighted by Gasteiger charge is -2.03. The van der Waals surface area contributed by atoms with Gasteiger partial charge in [0.1, 0.15) is 0 Å². The van der Waals surface area contributed by atoms with Crippen molar-refractivity contribution >= 4 is 5.88 Å². The van der Waals surface area contributed by atoms with Gasteiger partial charge in [-0.15, -0.1) is 0 Å². The summed E-state index contributed by atoms with van der Waals surface area (Å²) in [5.41, 5.74) is 9.04. The van der Waals surface area contributed by atoms with E-state index in [4.69, 9.17) is 10.3 Å². The Hall–Kier alpha value is -1.84. The number of anilines is 1. The third kappa shape index (κ3) is 1.60. The van der Waals surface area contributed by atoms with Crippen molar-refractivity contribution in [2.24, 2.45) is 5.41 Å². The summed E-state index contributed by atoms with van der Waals surface area (Å²) in [6.45, 7) is 4.46. The van der Waals surface area contributed by atoms with Crippen LogP contribution in [0.4, 0.5) is 5.88 Å². The van der Waals surface area contributed by atoms with Gasteiger partial charge in [-0.05, 0) is 17.9 Å². The van der Waals surface area contributed by atoms with Gasteiger partial charge < -0.3 is 10.3 Å². The van der Waals surface area contributed by atoms with Crippen molar-refractivity contribution in [3.8, 4) is 11.1 Å². The molecule has 2 aromatic heterocycles. The van der Waals surface area contributed by atoms with E-state index in [-0.39, 0.29) is 0 Å². The first-order valence-corrected chi connectivity index (χ1v) is 5.75. The second kappa shape index (κ2) is 3.32. The van der Waals surface area contributed by atoms with Crippen LogP contribution >= 0.6 is 0 Å². The van der Waals surface area contributed by atoms with Gasteiger partial charge in [0.25, 0.3) is 0 Å². The van der Waals surface area contributed by atoms with Crippen LogP contribution in [0.2, 0.25) is 0 Å². The molecule has 1 fully saturated rings. The van der Waals surface area contributed by atoms with E-state index >= 15 is 0 Å². The topological polar surface area (TPSA) is 64.9 Å². The normalized spacial score (nSPS) is 21.4. The maximum atomic E-state index is 5.87. The number of hydrogen-bond donors (Lipinski definition) is 1. The molecular formula is C13H15N3O. The molecule has 1 aliphatic rings. The molecule has 0 bridgehead atoms. The zero-order valence-corrected chi connectivity index (χ0v) is 9.97. The summed E-state index contributed by atoms with van der Waals surface area (Å²) < 4.78 is 5.14. The standard InChI is InChI=1S/C13H15N3O/c1-13(2)6-9(13)11-10(12(14)17-16-11)8-4-3-5-15-7-8/h3-5,7,9H,6,14H2,1-2H3. The van der Waals surface area contributed by atoms with E-state index in [1.54, 1.807) is 12.4 Å². The first-order chi connectivity index (χ1) is 8.09. The van der Waals surface area contributed by atoms with E-state index < -0.39 is 0 Å². The fraction of sp³-hybridized carbons (Fsp3) is 0.385. The van der Waals surface area contributed by atoms with Crippen LogP contribution in [0.1, 0.15) is 31.9 Å². The SMILES string of the molecule is CC1(C)CC1c1noc(N)c1-c1cccnc1. The van der Waals surface area contributed by atoms with Crippen molar-refractivity contribution in [1.82, 2.24) is 10.1 Å². The molecule has 17 heavy (non-hydrogen) atoms. The van der Waals surface area contributed by atoms with Gasteiger partial charge in [0.2, 0.25) is 5.88 Å². The molecule has 1 unspecified atom stereocenters. The van der Waals surface area contributed by atoms with Crippen molar-refractivity contribution in [3.05, 3.63) is 30.2 Å². The minimum atomic E-state index is 0.306. The van der Waals surface area contributed by atoms with Gasteiger partial charge in [-0.25, -0.2) is 0 Å². The van der Waals surface area contributed by atoms with E-state index in [0.717, 1.165) is 23.2 Å². The molecule has 88 valence electrons. The average molecular weight is 229 g/mol. The Morgan fingerprint density at radius 2 is 2.24 bits per heavy atom. The molecule has 0 radical (unpaired) electrons. The van der Waals surface area contributed by atoms with E-state index in [0.29, 0.717) is 17.2 Å². The van der Waals surface area contributed by atoms with Crippen LogP contribution in [0.25, 0.3) is 11.1 Å². The Morgan fingerprint density at radius 1 is 1.47 bits per heavy atom. The fourth-order valence-electron chi connectivity index (χ4n) is 2.29. The number of nitrogen functional groups attached to an aromatic ring is 1. The Balaban J connectivity index is 2.08. The van der Waals surface area contributed by atoms with Crippen LogP contribution in [0, 0.1) is 5.41 Å². The molecule has 0 spiro atoms. The van der Waals surface area contributed by atoms with E-state index in [1.165, 1.54) is 0 Å². The molecule has 2 aromatic rings. The molecule has 0 amide bonds. The highest BCUT2D eigenvalue weighted by molar-refractivity contribution is 5.75. The number of aromatic nitrogens is 2. The minimum Gasteiger partial charge on any atom is -0.367 e. The zero-order chi connectivity index (χ0) is 12.0. The largest absolute Gasteiger partial charge is 0.367 e. The van der Waals surface area contributed by atoms with Crippen LogP contribution in [-0.4, -0.2) is 10.1 Å². The third-order valence-electron chi connectivity index (χ3n) is 3.54. The zero-order valence-electron chi connectivity index (χ0n) is 9.97. The third-order valence-corrected chi connectivity index (χ3v) is 3.54. The van der Waals surface area contributed by atoms with Crippen LogP contribution in [-0.2, 0) is 0 Å². The minimum absolute atomic E-state index is 0.306. The predicted molar refractivity (Wildman–Crippen MR) is 65.3 cm³/mol. The number of rotatable bonds is 2. The monoisotopic (exact) mass is 229 g/mol. The number of hydrogen-bond acceptors (Lipinski definition) is 4. The van der Waals surface area contributed by atoms with Crippen molar-refractivity contribution in [2.45, 2.75) is 26.2 Å². The Morgan fingerprint density at radius 3 is 2.82 bits per heavy atom. The molecule has 0 aromatic carbocycles. The summed E-state index contributed by atoms with van der Waals surface area (Å²) in [6, 6.07) is 3.87. The smallest absolute Gasteiger partial charge is 0.230 e. The Labute approximate surface area is 99.8 Å². The summed E-state index contributed by atoms with van der Waals surface area (Å²) >= 11 is 0. The van der Waals surface area contributed by atoms with Gasteiger partial charge in [0, 0.05) is 23.9 Å². The molecule has 1 saturated carbocycles. The second-order valence-corrected chi connectivity index (χ2v) is 5.29. The van der Waals surface area contributed by atoms with Gasteiger partial charge >= 0.3 is 0 Å². The Kier molecular flexibility index (Phi) is 2.02. The molecule has 3 rings (SSSR count). The maximum Gasteiger partial charge on any atom is 0.230 e. The molecular weight excluding hydrogens is 214 g/mol. The molecule has 4 heteroatoms. The molecule has 2 N–H and O–H groups in total.